The van der Waals surface area contributed by atoms with Gasteiger partial charge in [0.2, 0.25) is 5.95 Å². The standard InChI is InChI=1S/C10H11FN2OS/c1-7(14)15-4-2-3-8-5-9(12)10(11)13-6-8/h2-3,5-6H,4,12H2,1H3. The fourth-order valence-electron chi connectivity index (χ4n) is 0.923. The molecule has 0 fully saturated rings. The van der Waals surface area contributed by atoms with Gasteiger partial charge in [0.15, 0.2) is 5.12 Å². The number of nitrogens with two attached hydrogens (primary N) is 1. The van der Waals surface area contributed by atoms with Crippen molar-refractivity contribution in [2.24, 2.45) is 0 Å². The van der Waals surface area contributed by atoms with Crippen LogP contribution >= 0.6 is 11.8 Å². The Bertz CT molecular complexity index is 393. The maximum absolute atomic E-state index is 12.7. The fraction of sp³-hybridized carbons (Fsp3) is 0.200. The molecular formula is C10H11FN2OS. The molecule has 0 saturated heterocycles. The van der Waals surface area contributed by atoms with Crippen molar-refractivity contribution in [3.8, 4) is 0 Å². The van der Waals surface area contributed by atoms with E-state index in [1.807, 2.05) is 0 Å². The highest BCUT2D eigenvalue weighted by atomic mass is 32.2. The van der Waals surface area contributed by atoms with Crippen molar-refractivity contribution in [3.05, 3.63) is 29.9 Å². The van der Waals surface area contributed by atoms with E-state index in [-0.39, 0.29) is 10.8 Å². The summed E-state index contributed by atoms with van der Waals surface area (Å²) in [6.45, 7) is 1.51. The molecule has 0 aliphatic heterocycles. The van der Waals surface area contributed by atoms with Crippen LogP contribution in [0.5, 0.6) is 0 Å². The van der Waals surface area contributed by atoms with E-state index in [1.54, 1.807) is 12.2 Å². The van der Waals surface area contributed by atoms with Crippen molar-refractivity contribution < 1.29 is 9.18 Å². The molecule has 80 valence electrons. The topological polar surface area (TPSA) is 56.0 Å². The molecule has 0 aromatic carbocycles. The highest BCUT2D eigenvalue weighted by molar-refractivity contribution is 8.13. The molecule has 1 aromatic rings. The average Bonchev–Trinajstić information content (AvgIpc) is 2.18. The van der Waals surface area contributed by atoms with Gasteiger partial charge < -0.3 is 5.73 Å². The van der Waals surface area contributed by atoms with Gasteiger partial charge in [-0.25, -0.2) is 4.98 Å². The number of rotatable bonds is 3. The number of pyridine rings is 1. The van der Waals surface area contributed by atoms with E-state index in [9.17, 15) is 9.18 Å². The number of nitrogens with zero attached hydrogens (tertiary/aromatic N) is 1. The number of carbonyl (C=O) groups is 1. The van der Waals surface area contributed by atoms with Gasteiger partial charge in [0.25, 0.3) is 0 Å². The Morgan fingerprint density at radius 1 is 1.73 bits per heavy atom. The van der Waals surface area contributed by atoms with Crippen molar-refractivity contribution in [2.45, 2.75) is 6.92 Å². The number of hydrogen-bond donors (Lipinski definition) is 1. The largest absolute Gasteiger partial charge is 0.395 e. The summed E-state index contributed by atoms with van der Waals surface area (Å²) in [6, 6.07) is 1.50. The Kier molecular flexibility index (Phi) is 4.30. The van der Waals surface area contributed by atoms with Crippen molar-refractivity contribution >= 4 is 28.6 Å². The molecule has 1 rings (SSSR count). The van der Waals surface area contributed by atoms with E-state index in [2.05, 4.69) is 4.98 Å². The van der Waals surface area contributed by atoms with Gasteiger partial charge in [-0.05, 0) is 11.6 Å². The van der Waals surface area contributed by atoms with Crippen LogP contribution in [-0.2, 0) is 4.79 Å². The van der Waals surface area contributed by atoms with E-state index >= 15 is 0 Å². The Morgan fingerprint density at radius 3 is 3.07 bits per heavy atom. The summed E-state index contributed by atoms with van der Waals surface area (Å²) in [5.74, 6) is -0.0719. The van der Waals surface area contributed by atoms with Gasteiger partial charge >= 0.3 is 0 Å². The number of hydrogen-bond acceptors (Lipinski definition) is 4. The van der Waals surface area contributed by atoms with E-state index < -0.39 is 5.95 Å². The molecule has 0 aliphatic carbocycles. The zero-order valence-electron chi connectivity index (χ0n) is 8.24. The summed E-state index contributed by atoms with van der Waals surface area (Å²) in [5.41, 5.74) is 6.09. The first-order chi connectivity index (χ1) is 7.09. The lowest BCUT2D eigenvalue weighted by molar-refractivity contribution is -0.109. The van der Waals surface area contributed by atoms with Crippen LogP contribution in [0.3, 0.4) is 0 Å². The van der Waals surface area contributed by atoms with Crippen LogP contribution in [0.2, 0.25) is 0 Å². The summed E-state index contributed by atoms with van der Waals surface area (Å²) in [6.07, 6.45) is 4.94. The van der Waals surface area contributed by atoms with Gasteiger partial charge in [-0.15, -0.1) is 0 Å². The van der Waals surface area contributed by atoms with E-state index in [1.165, 1.54) is 30.9 Å². The summed E-state index contributed by atoms with van der Waals surface area (Å²) in [4.78, 5) is 14.1. The Hall–Kier alpha value is -1.36. The third-order valence-corrected chi connectivity index (χ3v) is 2.35. The molecule has 5 heteroatoms. The van der Waals surface area contributed by atoms with Crippen LogP contribution in [0, 0.1) is 5.95 Å². The molecular weight excluding hydrogens is 215 g/mol. The maximum Gasteiger partial charge on any atom is 0.236 e. The van der Waals surface area contributed by atoms with Crippen molar-refractivity contribution in [2.75, 3.05) is 11.5 Å². The quantitative estimate of drug-likeness (QED) is 0.802. The van der Waals surface area contributed by atoms with Crippen molar-refractivity contribution in [3.63, 3.8) is 0 Å². The van der Waals surface area contributed by atoms with E-state index in [4.69, 9.17) is 5.73 Å². The van der Waals surface area contributed by atoms with Gasteiger partial charge in [-0.2, -0.15) is 4.39 Å². The second kappa shape index (κ2) is 5.50. The number of thioether (sulfide) groups is 1. The predicted octanol–water partition coefficient (Wildman–Crippen LogP) is 2.10. The molecule has 1 aromatic heterocycles. The van der Waals surface area contributed by atoms with Crippen LogP contribution in [0.25, 0.3) is 6.08 Å². The molecule has 0 aliphatic rings. The molecule has 0 amide bonds. The smallest absolute Gasteiger partial charge is 0.236 e. The minimum Gasteiger partial charge on any atom is -0.395 e. The summed E-state index contributed by atoms with van der Waals surface area (Å²) in [5, 5.41) is 0.0661. The zero-order valence-corrected chi connectivity index (χ0v) is 9.05. The second-order valence-electron chi connectivity index (χ2n) is 2.85. The van der Waals surface area contributed by atoms with Crippen LogP contribution in [0.4, 0.5) is 10.1 Å². The third kappa shape index (κ3) is 4.12. The normalized spacial score (nSPS) is 10.8. The molecule has 3 nitrogen and oxygen atoms in total. The SMILES string of the molecule is CC(=O)SCC=Cc1cnc(F)c(N)c1. The maximum atomic E-state index is 12.7. The Balaban J connectivity index is 2.57. The lowest BCUT2D eigenvalue weighted by atomic mass is 10.2. The minimum absolute atomic E-state index is 0.0244. The monoisotopic (exact) mass is 226 g/mol. The first-order valence-electron chi connectivity index (χ1n) is 4.30. The van der Waals surface area contributed by atoms with Gasteiger partial charge in [0.05, 0.1) is 5.69 Å². The van der Waals surface area contributed by atoms with Crippen LogP contribution < -0.4 is 5.73 Å². The molecule has 15 heavy (non-hydrogen) atoms. The number of aromatic nitrogens is 1. The van der Waals surface area contributed by atoms with Crippen LogP contribution in [0.1, 0.15) is 12.5 Å². The lowest BCUT2D eigenvalue weighted by Gasteiger charge is -1.96. The third-order valence-electron chi connectivity index (χ3n) is 1.58. The molecule has 0 spiro atoms. The predicted molar refractivity (Wildman–Crippen MR) is 60.8 cm³/mol. The fourth-order valence-corrected chi connectivity index (χ4v) is 1.35. The van der Waals surface area contributed by atoms with Crippen molar-refractivity contribution in [1.29, 1.82) is 0 Å². The Morgan fingerprint density at radius 2 is 2.47 bits per heavy atom. The van der Waals surface area contributed by atoms with Gasteiger partial charge in [0, 0.05) is 18.9 Å². The Labute approximate surface area is 91.6 Å². The van der Waals surface area contributed by atoms with Gasteiger partial charge in [0.1, 0.15) is 0 Å². The van der Waals surface area contributed by atoms with Gasteiger partial charge in [-0.3, -0.25) is 4.79 Å². The molecule has 0 atom stereocenters. The van der Waals surface area contributed by atoms with E-state index in [0.29, 0.717) is 5.75 Å². The summed E-state index contributed by atoms with van der Waals surface area (Å²) in [7, 11) is 0. The highest BCUT2D eigenvalue weighted by Crippen LogP contribution is 2.11. The van der Waals surface area contributed by atoms with Crippen LogP contribution in [-0.4, -0.2) is 15.9 Å². The number of nitrogen functional groups attached to an aromatic ring is 1. The molecule has 0 bridgehead atoms. The number of halogens is 1. The highest BCUT2D eigenvalue weighted by Gasteiger charge is 1.98. The molecule has 2 N–H and O–H groups in total. The van der Waals surface area contributed by atoms with Gasteiger partial charge in [-0.1, -0.05) is 23.9 Å². The zero-order chi connectivity index (χ0) is 11.3. The average molecular weight is 226 g/mol. The number of anilines is 1. The summed E-state index contributed by atoms with van der Waals surface area (Å²) < 4.78 is 12.7. The lowest BCUT2D eigenvalue weighted by Crippen LogP contribution is -1.94. The molecule has 0 saturated carbocycles. The first-order valence-corrected chi connectivity index (χ1v) is 5.29. The van der Waals surface area contributed by atoms with Crippen LogP contribution in [0.15, 0.2) is 18.3 Å². The first kappa shape index (κ1) is 11.7. The second-order valence-corrected chi connectivity index (χ2v) is 4.05. The summed E-state index contributed by atoms with van der Waals surface area (Å²) >= 11 is 1.21. The molecule has 0 radical (unpaired) electrons. The molecule has 0 unspecified atom stereocenters. The number of carbonyl (C=O) groups excluding carboxylic acids is 1. The molecule has 1 heterocycles. The van der Waals surface area contributed by atoms with Crippen molar-refractivity contribution in [1.82, 2.24) is 4.98 Å². The minimum atomic E-state index is -0.662. The van der Waals surface area contributed by atoms with E-state index in [0.717, 1.165) is 5.56 Å².